The number of nitrogens with zero attached hydrogens (tertiary/aromatic N) is 1. The van der Waals surface area contributed by atoms with Crippen LogP contribution in [0.4, 0.5) is 10.5 Å². The fraction of sp³-hybridized carbons (Fsp3) is 0.500. The van der Waals surface area contributed by atoms with Crippen LogP contribution in [0.5, 0.6) is 0 Å². The molecule has 0 aliphatic carbocycles. The predicted molar refractivity (Wildman–Crippen MR) is 93.8 cm³/mol. The van der Waals surface area contributed by atoms with Crippen LogP contribution in [0.2, 0.25) is 5.02 Å². The van der Waals surface area contributed by atoms with Gasteiger partial charge in [0.05, 0.1) is 11.5 Å². The minimum Gasteiger partial charge on any atom is -0.450 e. The molecule has 0 aliphatic rings. The molecular formula is C16H22ClN3O5. The van der Waals surface area contributed by atoms with Gasteiger partial charge >= 0.3 is 6.09 Å². The van der Waals surface area contributed by atoms with Crippen LogP contribution in [0, 0.1) is 16.0 Å². The molecule has 0 radical (unpaired) electrons. The summed E-state index contributed by atoms with van der Waals surface area (Å²) in [7, 11) is 0. The van der Waals surface area contributed by atoms with Crippen molar-refractivity contribution in [3.8, 4) is 0 Å². The van der Waals surface area contributed by atoms with Gasteiger partial charge in [-0.25, -0.2) is 4.79 Å². The van der Waals surface area contributed by atoms with Crippen molar-refractivity contribution < 1.29 is 19.2 Å². The Bertz CT molecular complexity index is 636. The first-order valence-corrected chi connectivity index (χ1v) is 8.27. The van der Waals surface area contributed by atoms with Gasteiger partial charge in [0, 0.05) is 24.2 Å². The molecule has 0 fully saturated rings. The molecule has 8 nitrogen and oxygen atoms in total. The molecule has 0 saturated carbocycles. The number of halogens is 1. The summed E-state index contributed by atoms with van der Waals surface area (Å²) in [6, 6.07) is 3.51. The summed E-state index contributed by atoms with van der Waals surface area (Å²) in [5.41, 5.74) is -0.215. The van der Waals surface area contributed by atoms with Crippen molar-refractivity contribution in [2.75, 3.05) is 13.2 Å². The topological polar surface area (TPSA) is 111 Å². The highest BCUT2D eigenvalue weighted by Gasteiger charge is 2.19. The van der Waals surface area contributed by atoms with Crippen molar-refractivity contribution in [1.82, 2.24) is 10.6 Å². The lowest BCUT2D eigenvalue weighted by atomic mass is 10.0. The second-order valence-electron chi connectivity index (χ2n) is 5.82. The normalized spacial score (nSPS) is 11.7. The smallest absolute Gasteiger partial charge is 0.407 e. The van der Waals surface area contributed by atoms with E-state index in [-0.39, 0.29) is 35.5 Å². The van der Waals surface area contributed by atoms with Gasteiger partial charge < -0.3 is 15.4 Å². The Balaban J connectivity index is 2.74. The Hall–Kier alpha value is -2.35. The summed E-state index contributed by atoms with van der Waals surface area (Å²) in [5, 5.41) is 16.2. The number of nitrogens with one attached hydrogen (secondary N) is 2. The van der Waals surface area contributed by atoms with E-state index in [0.29, 0.717) is 12.3 Å². The van der Waals surface area contributed by atoms with Crippen LogP contribution < -0.4 is 10.6 Å². The van der Waals surface area contributed by atoms with Gasteiger partial charge in [-0.2, -0.15) is 0 Å². The predicted octanol–water partition coefficient (Wildman–Crippen LogP) is 3.14. The molecule has 1 rings (SSSR count). The Kier molecular flexibility index (Phi) is 8.13. The number of nitro groups is 1. The van der Waals surface area contributed by atoms with E-state index in [4.69, 9.17) is 16.3 Å². The van der Waals surface area contributed by atoms with E-state index < -0.39 is 16.9 Å². The maximum Gasteiger partial charge on any atom is 0.407 e. The number of amides is 2. The third-order valence-corrected chi connectivity index (χ3v) is 3.59. The van der Waals surface area contributed by atoms with Crippen LogP contribution in [-0.2, 0) is 4.74 Å². The summed E-state index contributed by atoms with van der Waals surface area (Å²) in [6.07, 6.45) is 0.0874. The lowest BCUT2D eigenvalue weighted by Gasteiger charge is -2.20. The van der Waals surface area contributed by atoms with Crippen molar-refractivity contribution in [3.05, 3.63) is 38.9 Å². The van der Waals surface area contributed by atoms with Crippen LogP contribution in [0.3, 0.4) is 0 Å². The Morgan fingerprint density at radius 1 is 1.36 bits per heavy atom. The molecule has 1 aromatic rings. The molecule has 138 valence electrons. The fourth-order valence-electron chi connectivity index (χ4n) is 2.21. The van der Waals surface area contributed by atoms with E-state index >= 15 is 0 Å². The molecule has 25 heavy (non-hydrogen) atoms. The number of carbonyl (C=O) groups is 2. The molecule has 0 saturated heterocycles. The number of nitro benzene ring substituents is 1. The summed E-state index contributed by atoms with van der Waals surface area (Å²) in [5.74, 6) is -0.195. The zero-order valence-corrected chi connectivity index (χ0v) is 15.1. The Morgan fingerprint density at radius 3 is 2.60 bits per heavy atom. The second kappa shape index (κ2) is 9.83. The number of carbonyl (C=O) groups excluding carboxylic acids is 2. The van der Waals surface area contributed by atoms with Gasteiger partial charge in [0.1, 0.15) is 5.02 Å². The van der Waals surface area contributed by atoms with Crippen LogP contribution in [0.1, 0.15) is 37.6 Å². The first-order chi connectivity index (χ1) is 11.7. The molecule has 1 atom stereocenters. The standard InChI is InChI=1S/C16H22ClN3O5/c1-4-25-16(22)19-12(7-10(2)3)9-18-15(21)11-5-6-13(17)14(8-11)20(23)24/h5-6,8,10,12H,4,7,9H2,1-3H3,(H,18,21)(H,19,22). The van der Waals surface area contributed by atoms with Crippen molar-refractivity contribution in [2.45, 2.75) is 33.2 Å². The first-order valence-electron chi connectivity index (χ1n) is 7.90. The molecule has 0 heterocycles. The molecule has 0 aliphatic heterocycles. The zero-order valence-electron chi connectivity index (χ0n) is 14.4. The third-order valence-electron chi connectivity index (χ3n) is 3.27. The summed E-state index contributed by atoms with van der Waals surface area (Å²) >= 11 is 5.73. The maximum absolute atomic E-state index is 12.2. The average Bonchev–Trinajstić information content (AvgIpc) is 2.52. The van der Waals surface area contributed by atoms with Crippen LogP contribution in [0.15, 0.2) is 18.2 Å². The van der Waals surface area contributed by atoms with E-state index in [1.165, 1.54) is 12.1 Å². The Morgan fingerprint density at radius 2 is 2.04 bits per heavy atom. The van der Waals surface area contributed by atoms with E-state index in [1.54, 1.807) is 6.92 Å². The number of hydrogen-bond donors (Lipinski definition) is 2. The average molecular weight is 372 g/mol. The maximum atomic E-state index is 12.2. The van der Waals surface area contributed by atoms with Gasteiger partial charge in [-0.3, -0.25) is 14.9 Å². The van der Waals surface area contributed by atoms with Gasteiger partial charge in [0.25, 0.3) is 11.6 Å². The van der Waals surface area contributed by atoms with E-state index in [9.17, 15) is 19.7 Å². The van der Waals surface area contributed by atoms with Crippen molar-refractivity contribution in [1.29, 1.82) is 0 Å². The molecule has 1 aromatic carbocycles. The largest absolute Gasteiger partial charge is 0.450 e. The summed E-state index contributed by atoms with van der Waals surface area (Å²) in [4.78, 5) is 34.0. The first kappa shape index (κ1) is 20.7. The molecule has 2 amide bonds. The molecule has 0 bridgehead atoms. The SMILES string of the molecule is CCOC(=O)NC(CNC(=O)c1ccc(Cl)c([N+](=O)[O-])c1)CC(C)C. The Labute approximate surface area is 151 Å². The molecule has 0 aromatic heterocycles. The number of alkyl carbamates (subject to hydrolysis) is 1. The third kappa shape index (κ3) is 6.96. The van der Waals surface area contributed by atoms with Gasteiger partial charge in [-0.05, 0) is 31.4 Å². The van der Waals surface area contributed by atoms with E-state index in [1.807, 2.05) is 13.8 Å². The van der Waals surface area contributed by atoms with Crippen LogP contribution >= 0.6 is 11.6 Å². The zero-order chi connectivity index (χ0) is 19.0. The van der Waals surface area contributed by atoms with Crippen molar-refractivity contribution >= 4 is 29.3 Å². The monoisotopic (exact) mass is 371 g/mol. The molecule has 2 N–H and O–H groups in total. The van der Waals surface area contributed by atoms with Crippen molar-refractivity contribution in [3.63, 3.8) is 0 Å². The highest BCUT2D eigenvalue weighted by molar-refractivity contribution is 6.32. The van der Waals surface area contributed by atoms with Crippen molar-refractivity contribution in [2.24, 2.45) is 5.92 Å². The lowest BCUT2D eigenvalue weighted by molar-refractivity contribution is -0.384. The van der Waals surface area contributed by atoms with E-state index in [2.05, 4.69) is 10.6 Å². The van der Waals surface area contributed by atoms with Gasteiger partial charge in [0.2, 0.25) is 0 Å². The minimum atomic E-state index is -0.650. The quantitative estimate of drug-likeness (QED) is 0.538. The summed E-state index contributed by atoms with van der Waals surface area (Å²) in [6.45, 7) is 6.11. The van der Waals surface area contributed by atoms with Gasteiger partial charge in [-0.15, -0.1) is 0 Å². The molecule has 9 heteroatoms. The highest BCUT2D eigenvalue weighted by atomic mass is 35.5. The summed E-state index contributed by atoms with van der Waals surface area (Å²) < 4.78 is 4.85. The van der Waals surface area contributed by atoms with Crippen LogP contribution in [0.25, 0.3) is 0 Å². The highest BCUT2D eigenvalue weighted by Crippen LogP contribution is 2.24. The number of ether oxygens (including phenoxy) is 1. The molecule has 0 spiro atoms. The molecular weight excluding hydrogens is 350 g/mol. The van der Waals surface area contributed by atoms with Gasteiger partial charge in [-0.1, -0.05) is 25.4 Å². The second-order valence-corrected chi connectivity index (χ2v) is 6.23. The lowest BCUT2D eigenvalue weighted by Crippen LogP contribution is -2.44. The van der Waals surface area contributed by atoms with Gasteiger partial charge in [0.15, 0.2) is 0 Å². The number of rotatable bonds is 8. The van der Waals surface area contributed by atoms with Crippen LogP contribution in [-0.4, -0.2) is 36.1 Å². The van der Waals surface area contributed by atoms with E-state index in [0.717, 1.165) is 6.07 Å². The molecule has 1 unspecified atom stereocenters. The number of hydrogen-bond acceptors (Lipinski definition) is 5. The number of benzene rings is 1. The minimum absolute atomic E-state index is 0.0387. The fourth-order valence-corrected chi connectivity index (χ4v) is 2.40.